The molecule has 96 valence electrons. The summed E-state index contributed by atoms with van der Waals surface area (Å²) in [6.07, 6.45) is 1.30. The van der Waals surface area contributed by atoms with Gasteiger partial charge in [0.2, 0.25) is 0 Å². The predicted octanol–water partition coefficient (Wildman–Crippen LogP) is 1.76. The lowest BCUT2D eigenvalue weighted by molar-refractivity contribution is -0.144. The summed E-state index contributed by atoms with van der Waals surface area (Å²) in [4.78, 5) is 24.0. The van der Waals surface area contributed by atoms with Gasteiger partial charge in [0.15, 0.2) is 6.23 Å². The van der Waals surface area contributed by atoms with Crippen molar-refractivity contribution in [2.24, 2.45) is 11.8 Å². The average Bonchev–Trinajstić information content (AvgIpc) is 2.36. The van der Waals surface area contributed by atoms with Gasteiger partial charge in [0.25, 0.3) is 6.47 Å². The molecule has 1 saturated heterocycles. The molecule has 17 heavy (non-hydrogen) atoms. The minimum atomic E-state index is -0.523. The Morgan fingerprint density at radius 2 is 2.06 bits per heavy atom. The molecule has 1 heterocycles. The summed E-state index contributed by atoms with van der Waals surface area (Å²) in [5.74, 6) is 0.764. The molecule has 5 nitrogen and oxygen atoms in total. The number of amides is 1. The highest BCUT2D eigenvalue weighted by atomic mass is 16.6. The third-order valence-corrected chi connectivity index (χ3v) is 3.40. The highest BCUT2D eigenvalue weighted by Crippen LogP contribution is 2.45. The van der Waals surface area contributed by atoms with E-state index < -0.39 is 17.9 Å². The molecule has 2 rings (SSSR count). The third kappa shape index (κ3) is 2.37. The second kappa shape index (κ2) is 4.20. The molecule has 0 aromatic carbocycles. The molecular weight excluding hydrogens is 222 g/mol. The van der Waals surface area contributed by atoms with Crippen LogP contribution in [0.1, 0.15) is 33.6 Å². The molecule has 0 spiro atoms. The van der Waals surface area contributed by atoms with E-state index in [0.717, 1.165) is 12.8 Å². The largest absolute Gasteiger partial charge is 0.444 e. The van der Waals surface area contributed by atoms with Crippen molar-refractivity contribution < 1.29 is 19.1 Å². The van der Waals surface area contributed by atoms with Crippen molar-refractivity contribution in [3.8, 4) is 0 Å². The predicted molar refractivity (Wildman–Crippen MR) is 60.1 cm³/mol. The molecule has 0 bridgehead atoms. The molecule has 0 aromatic heterocycles. The smallest absolute Gasteiger partial charge is 0.413 e. The normalized spacial score (nSPS) is 31.5. The van der Waals surface area contributed by atoms with E-state index in [-0.39, 0.29) is 0 Å². The topological polar surface area (TPSA) is 55.8 Å². The Bertz CT molecular complexity index is 323. The van der Waals surface area contributed by atoms with Gasteiger partial charge in [0.05, 0.1) is 0 Å². The van der Waals surface area contributed by atoms with E-state index in [1.165, 1.54) is 0 Å². The number of fused-ring (bicyclic) bond motifs is 1. The van der Waals surface area contributed by atoms with Crippen molar-refractivity contribution in [1.82, 2.24) is 4.90 Å². The highest BCUT2D eigenvalue weighted by Gasteiger charge is 2.51. The standard InChI is InChI=1S/C12H19NO4/c1-12(2,3)17-11(15)13-6-8-4-5-9(8)10(13)16-7-14/h7-10H,4-6H2,1-3H3/t8-,9-,10-/m0/s1. The molecule has 1 aliphatic heterocycles. The molecule has 0 N–H and O–H groups in total. The number of likely N-dealkylation sites (tertiary alicyclic amines) is 1. The summed E-state index contributed by atoms with van der Waals surface area (Å²) in [5, 5.41) is 0. The molecule has 5 heteroatoms. The number of carbonyl (C=O) groups is 2. The van der Waals surface area contributed by atoms with Crippen molar-refractivity contribution >= 4 is 12.6 Å². The monoisotopic (exact) mass is 241 g/mol. The third-order valence-electron chi connectivity index (χ3n) is 3.40. The second-order valence-electron chi connectivity index (χ2n) is 5.76. The molecule has 2 aliphatic rings. The zero-order chi connectivity index (χ0) is 12.6. The molecule has 1 amide bonds. The quantitative estimate of drug-likeness (QED) is 0.691. The Kier molecular flexibility index (Phi) is 3.02. The molecule has 3 atom stereocenters. The molecular formula is C12H19NO4. The first-order valence-corrected chi connectivity index (χ1v) is 6.01. The minimum absolute atomic E-state index is 0.299. The van der Waals surface area contributed by atoms with Crippen molar-refractivity contribution in [2.45, 2.75) is 45.4 Å². The summed E-state index contributed by atoms with van der Waals surface area (Å²) < 4.78 is 10.3. The number of ether oxygens (including phenoxy) is 2. The Labute approximate surface area is 101 Å². The lowest BCUT2D eigenvalue weighted by atomic mass is 9.76. The zero-order valence-corrected chi connectivity index (χ0v) is 10.5. The molecule has 0 radical (unpaired) electrons. The summed E-state index contributed by atoms with van der Waals surface area (Å²) in [6.45, 7) is 6.53. The first-order valence-electron chi connectivity index (χ1n) is 6.01. The number of carbonyl (C=O) groups excluding carboxylic acids is 2. The maximum atomic E-state index is 12.0. The van der Waals surface area contributed by atoms with Crippen LogP contribution in [0.25, 0.3) is 0 Å². The Balaban J connectivity index is 2.03. The first-order chi connectivity index (χ1) is 7.92. The Morgan fingerprint density at radius 3 is 2.53 bits per heavy atom. The number of rotatable bonds is 2. The van der Waals surface area contributed by atoms with E-state index in [9.17, 15) is 9.59 Å². The van der Waals surface area contributed by atoms with Gasteiger partial charge in [0, 0.05) is 12.5 Å². The van der Waals surface area contributed by atoms with Crippen LogP contribution in [-0.4, -0.2) is 35.8 Å². The van der Waals surface area contributed by atoms with Gasteiger partial charge in [-0.2, -0.15) is 0 Å². The SMILES string of the molecule is CC(C)(C)OC(=O)N1C[C@@H]2CC[C@@H]2[C@@H]1OC=O. The summed E-state index contributed by atoms with van der Waals surface area (Å²) in [5.41, 5.74) is -0.523. The van der Waals surface area contributed by atoms with Crippen LogP contribution < -0.4 is 0 Å². The van der Waals surface area contributed by atoms with E-state index in [4.69, 9.17) is 9.47 Å². The van der Waals surface area contributed by atoms with Crippen LogP contribution in [0.2, 0.25) is 0 Å². The van der Waals surface area contributed by atoms with Gasteiger partial charge < -0.3 is 9.47 Å². The molecule has 2 fully saturated rings. The van der Waals surface area contributed by atoms with Crippen LogP contribution >= 0.6 is 0 Å². The summed E-state index contributed by atoms with van der Waals surface area (Å²) in [7, 11) is 0. The van der Waals surface area contributed by atoms with E-state index in [2.05, 4.69) is 0 Å². The fraction of sp³-hybridized carbons (Fsp3) is 0.833. The highest BCUT2D eigenvalue weighted by molar-refractivity contribution is 5.69. The van der Waals surface area contributed by atoms with Gasteiger partial charge in [-0.25, -0.2) is 4.79 Å². The average molecular weight is 241 g/mol. The molecule has 0 unspecified atom stereocenters. The van der Waals surface area contributed by atoms with Gasteiger partial charge in [-0.1, -0.05) is 0 Å². The van der Waals surface area contributed by atoms with Gasteiger partial charge in [-0.3, -0.25) is 9.69 Å². The lowest BCUT2D eigenvalue weighted by Gasteiger charge is -2.32. The Hall–Kier alpha value is -1.26. The van der Waals surface area contributed by atoms with E-state index in [0.29, 0.717) is 24.9 Å². The van der Waals surface area contributed by atoms with Crippen LogP contribution in [0.4, 0.5) is 4.79 Å². The van der Waals surface area contributed by atoms with Crippen LogP contribution in [0.5, 0.6) is 0 Å². The Morgan fingerprint density at radius 1 is 1.35 bits per heavy atom. The van der Waals surface area contributed by atoms with Gasteiger partial charge >= 0.3 is 6.09 Å². The molecule has 1 saturated carbocycles. The lowest BCUT2D eigenvalue weighted by Crippen LogP contribution is -2.42. The molecule has 0 aromatic rings. The molecule has 1 aliphatic carbocycles. The summed E-state index contributed by atoms with van der Waals surface area (Å²) in [6, 6.07) is 0. The minimum Gasteiger partial charge on any atom is -0.444 e. The first kappa shape index (κ1) is 12.2. The van der Waals surface area contributed by atoms with E-state index in [1.54, 1.807) is 4.90 Å². The van der Waals surface area contributed by atoms with Crippen molar-refractivity contribution in [3.63, 3.8) is 0 Å². The van der Waals surface area contributed by atoms with Gasteiger partial charge in [-0.15, -0.1) is 0 Å². The van der Waals surface area contributed by atoms with E-state index in [1.807, 2.05) is 20.8 Å². The van der Waals surface area contributed by atoms with Crippen LogP contribution in [-0.2, 0) is 14.3 Å². The van der Waals surface area contributed by atoms with Crippen LogP contribution in [0.15, 0.2) is 0 Å². The van der Waals surface area contributed by atoms with Crippen molar-refractivity contribution in [1.29, 1.82) is 0 Å². The van der Waals surface area contributed by atoms with Crippen molar-refractivity contribution in [2.75, 3.05) is 6.54 Å². The maximum Gasteiger partial charge on any atom is 0.413 e. The zero-order valence-electron chi connectivity index (χ0n) is 10.5. The number of hydrogen-bond donors (Lipinski definition) is 0. The second-order valence-corrected chi connectivity index (χ2v) is 5.76. The van der Waals surface area contributed by atoms with Crippen LogP contribution in [0.3, 0.4) is 0 Å². The van der Waals surface area contributed by atoms with Crippen LogP contribution in [0, 0.1) is 11.8 Å². The maximum absolute atomic E-state index is 12.0. The van der Waals surface area contributed by atoms with Crippen molar-refractivity contribution in [3.05, 3.63) is 0 Å². The summed E-state index contributed by atoms with van der Waals surface area (Å²) >= 11 is 0. The van der Waals surface area contributed by atoms with Gasteiger partial charge in [0.1, 0.15) is 5.60 Å². The van der Waals surface area contributed by atoms with E-state index >= 15 is 0 Å². The van der Waals surface area contributed by atoms with Gasteiger partial charge in [-0.05, 0) is 39.5 Å². The number of nitrogens with zero attached hydrogens (tertiary/aromatic N) is 1. The fourth-order valence-electron chi connectivity index (χ4n) is 2.51. The fourth-order valence-corrected chi connectivity index (χ4v) is 2.51. The number of hydrogen-bond acceptors (Lipinski definition) is 4.